The number of para-hydroxylation sites is 2. The molecule has 0 amide bonds. The molecule has 2 N–H and O–H groups in total. The number of nitrogens with two attached hydrogens (primary N) is 1. The number of aromatic nitrogens is 4. The van der Waals surface area contributed by atoms with Gasteiger partial charge in [-0.1, -0.05) is 62.4 Å². The number of ketones is 1. The van der Waals surface area contributed by atoms with Gasteiger partial charge in [0, 0.05) is 29.4 Å². The molecule has 36 heavy (non-hydrogen) atoms. The average Bonchev–Trinajstić information content (AvgIpc) is 3.47. The van der Waals surface area contributed by atoms with Crippen LogP contribution in [0.2, 0.25) is 0 Å². The van der Waals surface area contributed by atoms with Crippen molar-refractivity contribution in [3.8, 4) is 33.9 Å². The summed E-state index contributed by atoms with van der Waals surface area (Å²) in [6.07, 6.45) is 3.23. The average molecular weight is 474 g/mol. The monoisotopic (exact) mass is 473 g/mol. The third-order valence-electron chi connectivity index (χ3n) is 6.70. The van der Waals surface area contributed by atoms with E-state index in [9.17, 15) is 4.79 Å². The molecular weight excluding hydrogens is 446 g/mol. The molecule has 6 nitrogen and oxygen atoms in total. The Morgan fingerprint density at radius 3 is 2.11 bits per heavy atom. The lowest BCUT2D eigenvalue weighted by molar-refractivity contribution is 0.0912. The summed E-state index contributed by atoms with van der Waals surface area (Å²) in [4.78, 5) is 13.6. The Balaban J connectivity index is 1.66. The predicted octanol–water partition coefficient (Wildman–Crippen LogP) is 6.13. The Kier molecular flexibility index (Phi) is 5.11. The van der Waals surface area contributed by atoms with E-state index in [1.54, 1.807) is 0 Å². The van der Waals surface area contributed by atoms with Crippen LogP contribution in [-0.4, -0.2) is 25.3 Å². The maximum Gasteiger partial charge on any atom is 0.167 e. The minimum atomic E-state index is -0.134. The van der Waals surface area contributed by atoms with Crippen molar-refractivity contribution in [2.45, 2.75) is 26.7 Å². The van der Waals surface area contributed by atoms with Crippen LogP contribution in [0.4, 0.5) is 5.69 Å². The van der Waals surface area contributed by atoms with E-state index in [-0.39, 0.29) is 11.2 Å². The zero-order valence-electron chi connectivity index (χ0n) is 20.3. The fourth-order valence-corrected chi connectivity index (χ4v) is 5.04. The number of Topliss-reactive ketones (excluding diaryl/α,β-unsaturated/α-hetero) is 1. The van der Waals surface area contributed by atoms with Gasteiger partial charge >= 0.3 is 0 Å². The van der Waals surface area contributed by atoms with E-state index in [1.165, 1.54) is 0 Å². The van der Waals surface area contributed by atoms with Gasteiger partial charge in [-0.3, -0.25) is 4.79 Å². The third-order valence-corrected chi connectivity index (χ3v) is 6.70. The molecule has 5 aromatic rings. The molecule has 0 spiro atoms. The second kappa shape index (κ2) is 8.34. The SMILES string of the molecule is CC1(C)CC(=O)c2c(nn(-c3ccccc3)c2-c2cn(-c3ccccc3)nc2-c2ccc(N)cc2)C1. The molecule has 0 radical (unpaired) electrons. The molecule has 0 fully saturated rings. The molecule has 1 aliphatic rings. The van der Waals surface area contributed by atoms with Crippen molar-refractivity contribution in [3.63, 3.8) is 0 Å². The molecule has 0 aliphatic heterocycles. The molecule has 0 bridgehead atoms. The Morgan fingerprint density at radius 1 is 0.806 bits per heavy atom. The number of benzene rings is 3. The van der Waals surface area contributed by atoms with Gasteiger partial charge in [0.15, 0.2) is 5.78 Å². The van der Waals surface area contributed by atoms with Gasteiger partial charge < -0.3 is 5.73 Å². The summed E-state index contributed by atoms with van der Waals surface area (Å²) in [5, 5.41) is 10.0. The second-order valence-electron chi connectivity index (χ2n) is 10.2. The van der Waals surface area contributed by atoms with Crippen molar-refractivity contribution < 1.29 is 4.79 Å². The van der Waals surface area contributed by atoms with Crippen molar-refractivity contribution >= 4 is 11.5 Å². The third kappa shape index (κ3) is 3.81. The summed E-state index contributed by atoms with van der Waals surface area (Å²) in [5.74, 6) is 0.120. The van der Waals surface area contributed by atoms with Crippen molar-refractivity contribution in [2.75, 3.05) is 5.73 Å². The Morgan fingerprint density at radius 2 is 1.44 bits per heavy atom. The van der Waals surface area contributed by atoms with Gasteiger partial charge in [-0.2, -0.15) is 10.2 Å². The van der Waals surface area contributed by atoms with Crippen LogP contribution in [0.15, 0.2) is 91.1 Å². The number of carbonyl (C=O) groups is 1. The highest BCUT2D eigenvalue weighted by Crippen LogP contribution is 2.42. The lowest BCUT2D eigenvalue weighted by Gasteiger charge is -2.27. The fraction of sp³-hybridized carbons (Fsp3) is 0.167. The quantitative estimate of drug-likeness (QED) is 0.319. The Bertz CT molecular complexity index is 1560. The lowest BCUT2D eigenvalue weighted by atomic mass is 9.75. The van der Waals surface area contributed by atoms with Crippen molar-refractivity contribution in [3.05, 3.63) is 102 Å². The van der Waals surface area contributed by atoms with Crippen molar-refractivity contribution in [1.29, 1.82) is 0 Å². The molecule has 1 aliphatic carbocycles. The van der Waals surface area contributed by atoms with Crippen molar-refractivity contribution in [2.24, 2.45) is 5.41 Å². The first-order valence-electron chi connectivity index (χ1n) is 12.1. The molecule has 6 heteroatoms. The predicted molar refractivity (Wildman–Crippen MR) is 142 cm³/mol. The molecule has 6 rings (SSSR count). The standard InChI is InChI=1S/C30H27N5O/c1-30(2)17-25-27(26(36)18-30)29(35(32-25)23-11-7-4-8-12-23)24-19-34(22-9-5-3-6-10-22)33-28(24)20-13-15-21(31)16-14-20/h3-16,19H,17-18,31H2,1-2H3. The van der Waals surface area contributed by atoms with Gasteiger partial charge in [0.05, 0.1) is 28.3 Å². The van der Waals surface area contributed by atoms with Gasteiger partial charge in [-0.25, -0.2) is 9.36 Å². The Hall–Kier alpha value is -4.45. The molecule has 0 atom stereocenters. The molecule has 2 aromatic heterocycles. The highest BCUT2D eigenvalue weighted by Gasteiger charge is 2.37. The van der Waals surface area contributed by atoms with Crippen LogP contribution in [-0.2, 0) is 6.42 Å². The lowest BCUT2D eigenvalue weighted by Crippen LogP contribution is -2.26. The minimum Gasteiger partial charge on any atom is -0.399 e. The molecular formula is C30H27N5O. The summed E-state index contributed by atoms with van der Waals surface area (Å²) in [6.45, 7) is 4.25. The van der Waals surface area contributed by atoms with Gasteiger partial charge in [0.2, 0.25) is 0 Å². The fourth-order valence-electron chi connectivity index (χ4n) is 5.04. The Labute approximate surface area is 210 Å². The minimum absolute atomic E-state index is 0.120. The number of hydrogen-bond acceptors (Lipinski definition) is 4. The molecule has 0 saturated heterocycles. The van der Waals surface area contributed by atoms with Gasteiger partial charge in [-0.15, -0.1) is 0 Å². The first-order valence-corrected chi connectivity index (χ1v) is 12.1. The van der Waals surface area contributed by atoms with E-state index in [0.29, 0.717) is 17.7 Å². The van der Waals surface area contributed by atoms with Crippen LogP contribution in [0.5, 0.6) is 0 Å². The van der Waals surface area contributed by atoms with E-state index >= 15 is 0 Å². The highest BCUT2D eigenvalue weighted by atomic mass is 16.1. The van der Waals surface area contributed by atoms with Crippen LogP contribution in [0.25, 0.3) is 33.9 Å². The number of fused-ring (bicyclic) bond motifs is 1. The van der Waals surface area contributed by atoms with Crippen molar-refractivity contribution in [1.82, 2.24) is 19.6 Å². The van der Waals surface area contributed by atoms with E-state index in [0.717, 1.165) is 46.0 Å². The summed E-state index contributed by atoms with van der Waals surface area (Å²) in [7, 11) is 0. The highest BCUT2D eigenvalue weighted by molar-refractivity contribution is 6.05. The topological polar surface area (TPSA) is 78.7 Å². The zero-order valence-corrected chi connectivity index (χ0v) is 20.3. The van der Waals surface area contributed by atoms with Gasteiger partial charge in [-0.05, 0) is 48.2 Å². The van der Waals surface area contributed by atoms with Crippen LogP contribution in [0.1, 0.15) is 36.3 Å². The van der Waals surface area contributed by atoms with Crippen LogP contribution in [0, 0.1) is 5.41 Å². The summed E-state index contributed by atoms with van der Waals surface area (Å²) in [6, 6.07) is 27.7. The number of rotatable bonds is 4. The summed E-state index contributed by atoms with van der Waals surface area (Å²) >= 11 is 0. The number of hydrogen-bond donors (Lipinski definition) is 1. The number of carbonyl (C=O) groups excluding carboxylic acids is 1. The maximum atomic E-state index is 13.6. The number of nitrogen functional groups attached to an aromatic ring is 1. The number of anilines is 1. The van der Waals surface area contributed by atoms with Gasteiger partial charge in [0.25, 0.3) is 0 Å². The van der Waals surface area contributed by atoms with Crippen LogP contribution >= 0.6 is 0 Å². The zero-order chi connectivity index (χ0) is 24.9. The number of nitrogens with zero attached hydrogens (tertiary/aromatic N) is 4. The van der Waals surface area contributed by atoms with Crippen LogP contribution < -0.4 is 5.73 Å². The van der Waals surface area contributed by atoms with E-state index in [1.807, 2.05) is 100 Å². The summed E-state index contributed by atoms with van der Waals surface area (Å²) < 4.78 is 3.78. The van der Waals surface area contributed by atoms with Crippen LogP contribution in [0.3, 0.4) is 0 Å². The first kappa shape index (κ1) is 22.0. The van der Waals surface area contributed by atoms with E-state index in [4.69, 9.17) is 15.9 Å². The molecule has 178 valence electrons. The van der Waals surface area contributed by atoms with Gasteiger partial charge in [0.1, 0.15) is 5.69 Å². The molecule has 2 heterocycles. The maximum absolute atomic E-state index is 13.6. The van der Waals surface area contributed by atoms with E-state index in [2.05, 4.69) is 13.8 Å². The smallest absolute Gasteiger partial charge is 0.167 e. The first-order chi connectivity index (χ1) is 17.4. The molecule has 0 unspecified atom stereocenters. The summed E-state index contributed by atoms with van der Waals surface area (Å²) in [5.41, 5.74) is 13.3. The molecule has 0 saturated carbocycles. The molecule has 3 aromatic carbocycles. The normalized spacial score (nSPS) is 14.6. The largest absolute Gasteiger partial charge is 0.399 e. The second-order valence-corrected chi connectivity index (χ2v) is 10.2. The van der Waals surface area contributed by atoms with E-state index < -0.39 is 0 Å².